The summed E-state index contributed by atoms with van der Waals surface area (Å²) in [6.07, 6.45) is 1.73. The Bertz CT molecular complexity index is 842. The highest BCUT2D eigenvalue weighted by Gasteiger charge is 2.11. The third kappa shape index (κ3) is 3.62. The molecule has 6 nitrogen and oxygen atoms in total. The van der Waals surface area contributed by atoms with Crippen LogP contribution in [0.1, 0.15) is 0 Å². The van der Waals surface area contributed by atoms with Gasteiger partial charge in [-0.25, -0.2) is 9.37 Å². The molecule has 0 aliphatic carbocycles. The topological polar surface area (TPSA) is 54.7 Å². The van der Waals surface area contributed by atoms with Gasteiger partial charge in [0.2, 0.25) is 0 Å². The Morgan fingerprint density at radius 3 is 2.72 bits per heavy atom. The normalized spacial score (nSPS) is 15.6. The van der Waals surface area contributed by atoms with Crippen LogP contribution in [-0.4, -0.2) is 58.9 Å². The Morgan fingerprint density at radius 2 is 1.92 bits per heavy atom. The number of anilines is 1. The quantitative estimate of drug-likeness (QED) is 0.772. The lowest BCUT2D eigenvalue weighted by molar-refractivity contribution is 0.0398. The van der Waals surface area contributed by atoms with E-state index in [0.717, 1.165) is 62.1 Å². The second kappa shape index (κ2) is 7.16. The van der Waals surface area contributed by atoms with Gasteiger partial charge in [0.15, 0.2) is 5.65 Å². The molecule has 3 aromatic rings. The predicted molar refractivity (Wildman–Crippen MR) is 94.1 cm³/mol. The van der Waals surface area contributed by atoms with E-state index in [9.17, 15) is 4.39 Å². The van der Waals surface area contributed by atoms with Crippen molar-refractivity contribution in [1.82, 2.24) is 19.5 Å². The fraction of sp³-hybridized carbons (Fsp3) is 0.333. The van der Waals surface area contributed by atoms with Crippen molar-refractivity contribution in [1.29, 1.82) is 0 Å². The van der Waals surface area contributed by atoms with Crippen LogP contribution in [0, 0.1) is 5.82 Å². The van der Waals surface area contributed by atoms with Crippen molar-refractivity contribution in [3.05, 3.63) is 48.4 Å². The van der Waals surface area contributed by atoms with Crippen molar-refractivity contribution in [2.24, 2.45) is 0 Å². The van der Waals surface area contributed by atoms with Crippen molar-refractivity contribution in [3.63, 3.8) is 0 Å². The van der Waals surface area contributed by atoms with Crippen LogP contribution in [0.15, 0.2) is 42.6 Å². The molecule has 0 saturated carbocycles. The van der Waals surface area contributed by atoms with Crippen molar-refractivity contribution in [2.45, 2.75) is 0 Å². The number of halogens is 1. The molecule has 1 fully saturated rings. The lowest BCUT2D eigenvalue weighted by Crippen LogP contribution is -2.39. The fourth-order valence-electron chi connectivity index (χ4n) is 2.97. The molecule has 1 aliphatic heterocycles. The summed E-state index contributed by atoms with van der Waals surface area (Å²) >= 11 is 0. The first-order valence-corrected chi connectivity index (χ1v) is 8.44. The Kier molecular flexibility index (Phi) is 4.58. The first kappa shape index (κ1) is 16.0. The van der Waals surface area contributed by atoms with Gasteiger partial charge in [0.1, 0.15) is 11.6 Å². The van der Waals surface area contributed by atoms with E-state index in [2.05, 4.69) is 20.3 Å². The summed E-state index contributed by atoms with van der Waals surface area (Å²) in [5.41, 5.74) is 2.43. The molecule has 7 heteroatoms. The van der Waals surface area contributed by atoms with Gasteiger partial charge in [-0.3, -0.25) is 4.90 Å². The molecule has 0 radical (unpaired) electrons. The number of hydrogen-bond donors (Lipinski definition) is 1. The molecule has 1 N–H and O–H groups in total. The van der Waals surface area contributed by atoms with Crippen LogP contribution in [-0.2, 0) is 4.74 Å². The molecule has 0 atom stereocenters. The van der Waals surface area contributed by atoms with Crippen molar-refractivity contribution >= 4 is 11.5 Å². The summed E-state index contributed by atoms with van der Waals surface area (Å²) < 4.78 is 20.3. The van der Waals surface area contributed by atoms with Crippen LogP contribution >= 0.6 is 0 Å². The molecule has 1 aliphatic rings. The van der Waals surface area contributed by atoms with Crippen molar-refractivity contribution < 1.29 is 9.13 Å². The number of morpholine rings is 1. The maximum Gasteiger partial charge on any atom is 0.157 e. The maximum absolute atomic E-state index is 13.2. The molecule has 0 unspecified atom stereocenters. The minimum Gasteiger partial charge on any atom is -0.379 e. The molecule has 0 bridgehead atoms. The molecule has 0 amide bonds. The van der Waals surface area contributed by atoms with Gasteiger partial charge < -0.3 is 10.1 Å². The van der Waals surface area contributed by atoms with Gasteiger partial charge in [-0.2, -0.15) is 9.61 Å². The van der Waals surface area contributed by atoms with Crippen LogP contribution in [0.3, 0.4) is 0 Å². The number of fused-ring (bicyclic) bond motifs is 1. The SMILES string of the molecule is Fc1ccc(-c2cc(NCCN3CCOCC3)n3nccc3n2)cc1. The number of aromatic nitrogens is 3. The fourth-order valence-corrected chi connectivity index (χ4v) is 2.97. The van der Waals surface area contributed by atoms with Crippen LogP contribution in [0.25, 0.3) is 16.9 Å². The average molecular weight is 341 g/mol. The third-order valence-electron chi connectivity index (χ3n) is 4.34. The largest absolute Gasteiger partial charge is 0.379 e. The zero-order valence-electron chi connectivity index (χ0n) is 13.9. The van der Waals surface area contributed by atoms with E-state index in [-0.39, 0.29) is 5.82 Å². The molecule has 130 valence electrons. The number of nitrogens with zero attached hydrogens (tertiary/aromatic N) is 4. The number of ether oxygens (including phenoxy) is 1. The van der Waals surface area contributed by atoms with Gasteiger partial charge in [0.05, 0.1) is 25.1 Å². The van der Waals surface area contributed by atoms with E-state index in [1.165, 1.54) is 12.1 Å². The summed E-state index contributed by atoms with van der Waals surface area (Å²) in [6, 6.07) is 10.2. The molecule has 1 saturated heterocycles. The smallest absolute Gasteiger partial charge is 0.157 e. The second-order valence-electron chi connectivity index (χ2n) is 6.02. The highest BCUT2D eigenvalue weighted by molar-refractivity contribution is 5.66. The van der Waals surface area contributed by atoms with E-state index in [1.54, 1.807) is 22.8 Å². The van der Waals surface area contributed by atoms with Crippen molar-refractivity contribution in [3.8, 4) is 11.3 Å². The van der Waals surface area contributed by atoms with Gasteiger partial charge in [-0.05, 0) is 24.3 Å². The van der Waals surface area contributed by atoms with Crippen LogP contribution in [0.4, 0.5) is 10.2 Å². The van der Waals surface area contributed by atoms with Crippen LogP contribution < -0.4 is 5.32 Å². The molecule has 1 aromatic carbocycles. The summed E-state index contributed by atoms with van der Waals surface area (Å²) in [4.78, 5) is 6.98. The minimum atomic E-state index is -0.252. The molecular weight excluding hydrogens is 321 g/mol. The highest BCUT2D eigenvalue weighted by Crippen LogP contribution is 2.22. The first-order chi connectivity index (χ1) is 12.3. The molecule has 0 spiro atoms. The zero-order chi connectivity index (χ0) is 17.1. The Labute approximate surface area is 145 Å². The third-order valence-corrected chi connectivity index (χ3v) is 4.34. The summed E-state index contributed by atoms with van der Waals surface area (Å²) in [5, 5.41) is 7.78. The van der Waals surface area contributed by atoms with Gasteiger partial charge in [-0.1, -0.05) is 0 Å². The molecule has 3 heterocycles. The van der Waals surface area contributed by atoms with E-state index in [0.29, 0.717) is 0 Å². The second-order valence-corrected chi connectivity index (χ2v) is 6.02. The van der Waals surface area contributed by atoms with Gasteiger partial charge in [-0.15, -0.1) is 0 Å². The van der Waals surface area contributed by atoms with E-state index in [1.807, 2.05) is 12.1 Å². The molecule has 25 heavy (non-hydrogen) atoms. The van der Waals surface area contributed by atoms with E-state index >= 15 is 0 Å². The lowest BCUT2D eigenvalue weighted by Gasteiger charge is -2.26. The van der Waals surface area contributed by atoms with Gasteiger partial charge in [0.25, 0.3) is 0 Å². The highest BCUT2D eigenvalue weighted by atomic mass is 19.1. The first-order valence-electron chi connectivity index (χ1n) is 8.44. The molecule has 2 aromatic heterocycles. The van der Waals surface area contributed by atoms with Crippen molar-refractivity contribution in [2.75, 3.05) is 44.7 Å². The predicted octanol–water partition coefficient (Wildman–Crippen LogP) is 2.28. The summed E-state index contributed by atoms with van der Waals surface area (Å²) in [6.45, 7) is 5.29. The Morgan fingerprint density at radius 1 is 1.12 bits per heavy atom. The number of benzene rings is 1. The minimum absolute atomic E-state index is 0.252. The molecular formula is C18H20FN5O. The number of rotatable bonds is 5. The molecule has 4 rings (SSSR count). The average Bonchev–Trinajstić information content (AvgIpc) is 3.12. The van der Waals surface area contributed by atoms with Crippen LogP contribution in [0.2, 0.25) is 0 Å². The zero-order valence-corrected chi connectivity index (χ0v) is 13.9. The van der Waals surface area contributed by atoms with E-state index in [4.69, 9.17) is 4.74 Å². The number of nitrogens with one attached hydrogen (secondary N) is 1. The maximum atomic E-state index is 13.2. The van der Waals surface area contributed by atoms with Crippen LogP contribution in [0.5, 0.6) is 0 Å². The lowest BCUT2D eigenvalue weighted by atomic mass is 10.1. The standard InChI is InChI=1S/C18H20FN5O/c19-15-3-1-14(2-4-15)16-13-18(24-17(22-16)5-6-21-24)20-7-8-23-9-11-25-12-10-23/h1-6,13,20H,7-12H2. The summed E-state index contributed by atoms with van der Waals surface area (Å²) in [5.74, 6) is 0.626. The van der Waals surface area contributed by atoms with Gasteiger partial charge >= 0.3 is 0 Å². The van der Waals surface area contributed by atoms with Gasteiger partial charge in [0, 0.05) is 43.9 Å². The number of hydrogen-bond acceptors (Lipinski definition) is 5. The van der Waals surface area contributed by atoms with E-state index < -0.39 is 0 Å². The monoisotopic (exact) mass is 341 g/mol. The summed E-state index contributed by atoms with van der Waals surface area (Å²) in [7, 11) is 0. The Balaban J connectivity index is 1.54. The Hall–Kier alpha value is -2.51.